The van der Waals surface area contributed by atoms with E-state index in [0.717, 1.165) is 94.0 Å². The summed E-state index contributed by atoms with van der Waals surface area (Å²) in [6.07, 6.45) is 4.45. The molecule has 12 rings (SSSR count). The average molecular weight is 1250 g/mol. The lowest BCUT2D eigenvalue weighted by Gasteiger charge is -2.19. The van der Waals surface area contributed by atoms with E-state index in [-0.39, 0.29) is 45.3 Å². The van der Waals surface area contributed by atoms with Gasteiger partial charge >= 0.3 is 0 Å². The van der Waals surface area contributed by atoms with E-state index >= 15 is 0 Å². The molecule has 0 aliphatic heterocycles. The van der Waals surface area contributed by atoms with Crippen LogP contribution >= 0.6 is 0 Å². The number of aromatic nitrogens is 8. The zero-order chi connectivity index (χ0) is 67.8. The highest BCUT2D eigenvalue weighted by Crippen LogP contribution is 2.52. The second-order valence-corrected chi connectivity index (χ2v) is 29.5. The molecule has 92 heavy (non-hydrogen) atoms. The molecule has 16 heteroatoms. The van der Waals surface area contributed by atoms with E-state index < -0.39 is 0 Å². The van der Waals surface area contributed by atoms with Gasteiger partial charge in [-0.1, -0.05) is 132 Å². The molecule has 0 spiro atoms. The van der Waals surface area contributed by atoms with E-state index in [2.05, 4.69) is 149 Å². The average Bonchev–Trinajstić information content (AvgIpc) is 1.62. The predicted molar refractivity (Wildman–Crippen MR) is 373 cm³/mol. The second kappa shape index (κ2) is 25.2. The van der Waals surface area contributed by atoms with Gasteiger partial charge in [0, 0.05) is 73.7 Å². The fourth-order valence-electron chi connectivity index (χ4n) is 16.2. The Hall–Kier alpha value is -8.40. The van der Waals surface area contributed by atoms with Crippen molar-refractivity contribution in [2.24, 2.45) is 28.2 Å². The molecule has 16 nitrogen and oxygen atoms in total. The first-order valence-electron chi connectivity index (χ1n) is 32.7. The number of amides is 4. The predicted octanol–water partition coefficient (Wildman–Crippen LogP) is 16.3. The van der Waals surface area contributed by atoms with Gasteiger partial charge < -0.3 is 21.3 Å². The summed E-state index contributed by atoms with van der Waals surface area (Å²) in [4.78, 5) is 51.1. The zero-order valence-corrected chi connectivity index (χ0v) is 59.3. The van der Waals surface area contributed by atoms with Crippen molar-refractivity contribution >= 4 is 46.4 Å². The van der Waals surface area contributed by atoms with E-state index in [1.54, 1.807) is 18.7 Å². The molecule has 4 aromatic carbocycles. The molecule has 0 radical (unpaired) electrons. The Morgan fingerprint density at radius 3 is 0.663 bits per heavy atom. The number of hydrogen-bond acceptors (Lipinski definition) is 8. The van der Waals surface area contributed by atoms with Crippen molar-refractivity contribution in [3.05, 3.63) is 185 Å². The molecule has 0 unspecified atom stereocenters. The van der Waals surface area contributed by atoms with Crippen LogP contribution in [0.2, 0.25) is 0 Å². The highest BCUT2D eigenvalue weighted by Gasteiger charge is 2.40. The van der Waals surface area contributed by atoms with Crippen molar-refractivity contribution in [3.8, 4) is 0 Å². The molecule has 4 heterocycles. The quantitative estimate of drug-likeness (QED) is 0.116. The van der Waals surface area contributed by atoms with E-state index in [4.69, 9.17) is 0 Å². The summed E-state index contributed by atoms with van der Waals surface area (Å²) in [5.41, 5.74) is 24.3. The summed E-state index contributed by atoms with van der Waals surface area (Å²) < 4.78 is 7.02. The summed E-state index contributed by atoms with van der Waals surface area (Å²) in [5, 5.41) is 29.9. The number of fused-ring (bicyclic) bond motifs is 4. The third-order valence-corrected chi connectivity index (χ3v) is 20.5. The van der Waals surface area contributed by atoms with Gasteiger partial charge in [-0.2, -0.15) is 20.4 Å². The molecular formula is C76H100N12O4. The summed E-state index contributed by atoms with van der Waals surface area (Å²) >= 11 is 0. The van der Waals surface area contributed by atoms with Gasteiger partial charge in [0.1, 0.15) is 0 Å². The van der Waals surface area contributed by atoms with Gasteiger partial charge in [0.05, 0.1) is 45.0 Å². The van der Waals surface area contributed by atoms with Crippen molar-refractivity contribution in [2.45, 2.75) is 209 Å². The maximum absolute atomic E-state index is 12.8. The molecule has 0 fully saturated rings. The van der Waals surface area contributed by atoms with Crippen LogP contribution in [0.25, 0.3) is 0 Å². The van der Waals surface area contributed by atoms with Crippen LogP contribution in [0.4, 0.5) is 22.7 Å². The lowest BCUT2D eigenvalue weighted by molar-refractivity contribution is 0.101. The molecule has 4 atom stereocenters. The SMILES string of the molecule is Cc1nn(C)c(C)c1C(=O)Nc1cccc2c1[C@@H](C)CC2(C)C.Cc1nn(C)c(C)c1C(=O)Nc1cccc2c1[C@@H](C)CC2(C)C.Cc1nn(C)c(C)c1C(=O)Nc1cccc2c1[C@H](C)CC2(C)C.Cc1nn(C)c(C)c1C(=O)Nc1cccc2c1[C@H](C)CC2(C)C. The lowest BCUT2D eigenvalue weighted by atomic mass is 9.86. The summed E-state index contributed by atoms with van der Waals surface area (Å²) in [5.74, 6) is 1.52. The number of benzene rings is 4. The molecule has 0 saturated heterocycles. The standard InChI is InChI=1S/4C19H25N3O/c4*1-11-10-19(4,5)14-8-7-9-15(16(11)14)20-18(23)17-12(2)21-22(6)13(17)3/h4*7-9,11H,10H2,1-6H3,(H,20,23)/t4*11-/m1100/s1. The molecule has 4 aromatic heterocycles. The van der Waals surface area contributed by atoms with Crippen LogP contribution in [0, 0.1) is 55.4 Å². The van der Waals surface area contributed by atoms with E-state index in [0.29, 0.717) is 45.9 Å². The largest absolute Gasteiger partial charge is 0.322 e. The third-order valence-electron chi connectivity index (χ3n) is 20.5. The Morgan fingerprint density at radius 1 is 0.337 bits per heavy atom. The molecule has 4 N–H and O–H groups in total. The fraction of sp³-hybridized carbons (Fsp3) is 0.474. The van der Waals surface area contributed by atoms with E-state index in [1.165, 1.54) is 44.5 Å². The summed E-state index contributed by atoms with van der Waals surface area (Å²) in [7, 11) is 7.46. The number of rotatable bonds is 8. The van der Waals surface area contributed by atoms with Gasteiger partial charge in [-0.25, -0.2) is 0 Å². The number of nitrogens with zero attached hydrogens (tertiary/aromatic N) is 8. The summed E-state index contributed by atoms with van der Waals surface area (Å²) in [6, 6.07) is 25.0. The molecular weight excluding hydrogens is 1140 g/mol. The monoisotopic (exact) mass is 1240 g/mol. The zero-order valence-electron chi connectivity index (χ0n) is 59.3. The minimum atomic E-state index is -0.0709. The van der Waals surface area contributed by atoms with Crippen molar-refractivity contribution in [2.75, 3.05) is 21.3 Å². The minimum absolute atomic E-state index is 0.0709. The molecule has 0 saturated carbocycles. The Balaban J connectivity index is 0.000000145. The van der Waals surface area contributed by atoms with E-state index in [1.807, 2.05) is 132 Å². The van der Waals surface area contributed by atoms with Gasteiger partial charge in [-0.05, 0) is 195 Å². The van der Waals surface area contributed by atoms with Crippen molar-refractivity contribution in [3.63, 3.8) is 0 Å². The van der Waals surface area contributed by atoms with E-state index in [9.17, 15) is 19.2 Å². The summed E-state index contributed by atoms with van der Waals surface area (Å²) in [6.45, 7) is 42.4. The van der Waals surface area contributed by atoms with Gasteiger partial charge in [0.25, 0.3) is 23.6 Å². The topological polar surface area (TPSA) is 188 Å². The third kappa shape index (κ3) is 12.8. The van der Waals surface area contributed by atoms with Crippen LogP contribution in [0.3, 0.4) is 0 Å². The highest BCUT2D eigenvalue weighted by atomic mass is 16.2. The Kier molecular flexibility index (Phi) is 18.7. The van der Waals surface area contributed by atoms with Crippen LogP contribution in [-0.2, 0) is 49.9 Å². The molecule has 4 aliphatic carbocycles. The maximum atomic E-state index is 12.8. The van der Waals surface area contributed by atoms with Gasteiger partial charge in [-0.15, -0.1) is 0 Å². The van der Waals surface area contributed by atoms with Gasteiger partial charge in [0.15, 0.2) is 0 Å². The van der Waals surface area contributed by atoms with Crippen molar-refractivity contribution in [1.82, 2.24) is 39.1 Å². The maximum Gasteiger partial charge on any atom is 0.259 e. The normalized spacial score (nSPS) is 18.8. The second-order valence-electron chi connectivity index (χ2n) is 29.5. The van der Waals surface area contributed by atoms with Crippen LogP contribution in [0.15, 0.2) is 72.8 Å². The lowest BCUT2D eigenvalue weighted by Crippen LogP contribution is -2.16. The van der Waals surface area contributed by atoms with Crippen LogP contribution in [0.1, 0.15) is 264 Å². The number of carbonyl (C=O) groups excluding carboxylic acids is 4. The van der Waals surface area contributed by atoms with Crippen molar-refractivity contribution < 1.29 is 19.2 Å². The fourth-order valence-corrected chi connectivity index (χ4v) is 16.2. The van der Waals surface area contributed by atoms with Crippen LogP contribution in [0.5, 0.6) is 0 Å². The highest BCUT2D eigenvalue weighted by molar-refractivity contribution is 6.08. The van der Waals surface area contributed by atoms with Crippen LogP contribution < -0.4 is 21.3 Å². The molecule has 488 valence electrons. The Morgan fingerprint density at radius 2 is 0.511 bits per heavy atom. The first-order chi connectivity index (χ1) is 42.9. The number of carbonyl (C=O) groups is 4. The molecule has 0 bridgehead atoms. The first-order valence-corrected chi connectivity index (χ1v) is 32.7. The van der Waals surface area contributed by atoms with Gasteiger partial charge in [-0.3, -0.25) is 37.9 Å². The number of anilines is 4. The Bertz CT molecular complexity index is 3680. The molecule has 8 aromatic rings. The minimum Gasteiger partial charge on any atom is -0.322 e. The smallest absolute Gasteiger partial charge is 0.259 e. The number of aryl methyl sites for hydroxylation is 8. The van der Waals surface area contributed by atoms with Crippen LogP contribution in [-0.4, -0.2) is 62.8 Å². The first kappa shape index (κ1) is 68.0. The number of nitrogens with one attached hydrogen (secondary N) is 4. The number of hydrogen-bond donors (Lipinski definition) is 4. The molecule has 4 aliphatic rings. The Labute approximate surface area is 546 Å². The van der Waals surface area contributed by atoms with Crippen molar-refractivity contribution in [1.29, 1.82) is 0 Å². The van der Waals surface area contributed by atoms with Gasteiger partial charge in [0.2, 0.25) is 0 Å². The molecule has 4 amide bonds.